The second-order valence-corrected chi connectivity index (χ2v) is 5.17. The van der Waals surface area contributed by atoms with Crippen LogP contribution in [0.4, 0.5) is 0 Å². The van der Waals surface area contributed by atoms with E-state index in [2.05, 4.69) is 0 Å². The molecule has 0 amide bonds. The van der Waals surface area contributed by atoms with Gasteiger partial charge in [0, 0.05) is 0 Å². The molecule has 0 unspecified atom stereocenters. The second-order valence-electron chi connectivity index (χ2n) is 5.17. The zero-order valence-corrected chi connectivity index (χ0v) is 10.2. The predicted octanol–water partition coefficient (Wildman–Crippen LogP) is 1.91. The van der Waals surface area contributed by atoms with Crippen molar-refractivity contribution in [2.75, 3.05) is 0 Å². The van der Waals surface area contributed by atoms with Crippen molar-refractivity contribution >= 4 is 7.12 Å². The lowest BCUT2D eigenvalue weighted by Crippen LogP contribution is -2.41. The van der Waals surface area contributed by atoms with Gasteiger partial charge in [0.15, 0.2) is 0 Å². The normalized spacial score (nSPS) is 24.7. The first-order valence-corrected chi connectivity index (χ1v) is 5.48. The first kappa shape index (κ1) is 11.7. The Kier molecular flexibility index (Phi) is 2.65. The molecule has 1 aromatic rings. The third kappa shape index (κ3) is 1.79. The summed E-state index contributed by atoms with van der Waals surface area (Å²) in [7, 11) is -0.462. The lowest BCUT2D eigenvalue weighted by Gasteiger charge is -2.32. The van der Waals surface area contributed by atoms with Gasteiger partial charge in [-0.15, -0.1) is 0 Å². The van der Waals surface area contributed by atoms with Gasteiger partial charge in [-0.1, -0.05) is 0 Å². The zero-order valence-electron chi connectivity index (χ0n) is 10.2. The monoisotopic (exact) mass is 223 g/mol. The Hall–Kier alpha value is -0.775. The minimum atomic E-state index is -0.462. The molecule has 0 aliphatic carbocycles. The van der Waals surface area contributed by atoms with Gasteiger partial charge in [0.25, 0.3) is 0 Å². The van der Waals surface area contributed by atoms with Crippen LogP contribution in [0.5, 0.6) is 0 Å². The van der Waals surface area contributed by atoms with Crippen LogP contribution < -0.4 is 5.73 Å². The van der Waals surface area contributed by atoms with Crippen LogP contribution in [0.3, 0.4) is 0 Å². The summed E-state index contributed by atoms with van der Waals surface area (Å²) in [6, 6.07) is 3.64. The molecule has 1 aromatic heterocycles. The Morgan fingerprint density at radius 3 is 2.19 bits per heavy atom. The molecule has 1 fully saturated rings. The molecule has 16 heavy (non-hydrogen) atoms. The molecule has 1 aliphatic rings. The minimum Gasteiger partial charge on any atom is -0.468 e. The summed E-state index contributed by atoms with van der Waals surface area (Å²) in [6.45, 7) is 8.01. The van der Waals surface area contributed by atoms with Crippen LogP contribution in [0.15, 0.2) is 22.8 Å². The Morgan fingerprint density at radius 2 is 1.75 bits per heavy atom. The van der Waals surface area contributed by atoms with Crippen molar-refractivity contribution in [1.29, 1.82) is 0 Å². The number of hydrogen-bond acceptors (Lipinski definition) is 4. The lowest BCUT2D eigenvalue weighted by molar-refractivity contribution is 0.00578. The molecule has 0 saturated carbocycles. The van der Waals surface area contributed by atoms with Crippen LogP contribution in [0.1, 0.15) is 39.4 Å². The summed E-state index contributed by atoms with van der Waals surface area (Å²) in [5.41, 5.74) is 5.32. The molecule has 1 atom stereocenters. The van der Waals surface area contributed by atoms with E-state index in [1.807, 2.05) is 33.8 Å². The van der Waals surface area contributed by atoms with E-state index in [-0.39, 0.29) is 11.2 Å². The van der Waals surface area contributed by atoms with Gasteiger partial charge in [-0.2, -0.15) is 0 Å². The summed E-state index contributed by atoms with van der Waals surface area (Å²) < 4.78 is 16.9. The van der Waals surface area contributed by atoms with Crippen molar-refractivity contribution in [3.63, 3.8) is 0 Å². The molecule has 2 heterocycles. The van der Waals surface area contributed by atoms with Gasteiger partial charge in [-0.25, -0.2) is 0 Å². The van der Waals surface area contributed by atoms with Gasteiger partial charge in [0.05, 0.1) is 23.4 Å². The molecular weight excluding hydrogens is 205 g/mol. The molecule has 1 aliphatic heterocycles. The largest absolute Gasteiger partial charge is 0.483 e. The van der Waals surface area contributed by atoms with Crippen LogP contribution in [0, 0.1) is 0 Å². The molecule has 2 rings (SSSR count). The third-order valence-corrected chi connectivity index (χ3v) is 3.44. The number of furan rings is 1. The van der Waals surface area contributed by atoms with Crippen molar-refractivity contribution in [2.45, 2.75) is 44.8 Å². The van der Waals surface area contributed by atoms with E-state index in [9.17, 15) is 0 Å². The highest BCUT2D eigenvalue weighted by molar-refractivity contribution is 6.47. The zero-order chi connectivity index (χ0) is 12.0. The quantitative estimate of drug-likeness (QED) is 0.778. The maximum atomic E-state index is 6.04. The molecular formula is C11H18BNO3. The Bertz CT molecular complexity index is 345. The predicted molar refractivity (Wildman–Crippen MR) is 61.7 cm³/mol. The average molecular weight is 223 g/mol. The van der Waals surface area contributed by atoms with E-state index in [1.54, 1.807) is 12.3 Å². The van der Waals surface area contributed by atoms with E-state index in [4.69, 9.17) is 19.5 Å². The number of hydrogen-bond donors (Lipinski definition) is 1. The summed E-state index contributed by atoms with van der Waals surface area (Å²) in [4.78, 5) is 0. The van der Waals surface area contributed by atoms with Gasteiger partial charge in [-0.3, -0.25) is 0 Å². The molecule has 0 aromatic carbocycles. The highest BCUT2D eigenvalue weighted by Gasteiger charge is 2.53. The molecule has 2 N–H and O–H groups in total. The van der Waals surface area contributed by atoms with Crippen molar-refractivity contribution < 1.29 is 13.7 Å². The van der Waals surface area contributed by atoms with Crippen LogP contribution in [0.2, 0.25) is 0 Å². The average Bonchev–Trinajstić information content (AvgIpc) is 2.72. The Labute approximate surface area is 96.2 Å². The molecule has 0 spiro atoms. The smallest absolute Gasteiger partial charge is 0.468 e. The summed E-state index contributed by atoms with van der Waals surface area (Å²) >= 11 is 0. The first-order chi connectivity index (χ1) is 7.33. The maximum absolute atomic E-state index is 6.04. The Morgan fingerprint density at radius 1 is 1.19 bits per heavy atom. The Balaban J connectivity index is 2.15. The highest BCUT2D eigenvalue weighted by Crippen LogP contribution is 2.39. The molecule has 0 radical (unpaired) electrons. The summed E-state index contributed by atoms with van der Waals surface area (Å²) in [5, 5.41) is 0. The van der Waals surface area contributed by atoms with Gasteiger partial charge in [0.1, 0.15) is 5.76 Å². The van der Waals surface area contributed by atoms with E-state index in [0.29, 0.717) is 5.76 Å². The fourth-order valence-electron chi connectivity index (χ4n) is 1.65. The van der Waals surface area contributed by atoms with Crippen LogP contribution in [0.25, 0.3) is 0 Å². The van der Waals surface area contributed by atoms with Gasteiger partial charge < -0.3 is 19.5 Å². The number of rotatable bonds is 2. The lowest BCUT2D eigenvalue weighted by atomic mass is 9.77. The fourth-order valence-corrected chi connectivity index (χ4v) is 1.65. The van der Waals surface area contributed by atoms with Gasteiger partial charge >= 0.3 is 7.12 Å². The van der Waals surface area contributed by atoms with Crippen LogP contribution in [-0.4, -0.2) is 18.3 Å². The van der Waals surface area contributed by atoms with Gasteiger partial charge in [0.2, 0.25) is 0 Å². The van der Waals surface area contributed by atoms with E-state index in [1.165, 1.54) is 0 Å². The van der Waals surface area contributed by atoms with Crippen LogP contribution >= 0.6 is 0 Å². The number of nitrogens with two attached hydrogens (primary N) is 1. The second kappa shape index (κ2) is 3.62. The van der Waals surface area contributed by atoms with Crippen molar-refractivity contribution in [3.05, 3.63) is 24.2 Å². The molecule has 4 nitrogen and oxygen atoms in total. The van der Waals surface area contributed by atoms with Crippen molar-refractivity contribution in [2.24, 2.45) is 5.73 Å². The molecule has 1 saturated heterocycles. The molecule has 5 heteroatoms. The van der Waals surface area contributed by atoms with Crippen LogP contribution in [-0.2, 0) is 9.31 Å². The SMILES string of the molecule is CC1(C)OB([C@@H](N)c2ccco2)OC1(C)C. The van der Waals surface area contributed by atoms with Crippen molar-refractivity contribution in [3.8, 4) is 0 Å². The van der Waals surface area contributed by atoms with Gasteiger partial charge in [-0.05, 0) is 39.8 Å². The molecule has 88 valence electrons. The minimum absolute atomic E-state index is 0.359. The topological polar surface area (TPSA) is 57.6 Å². The highest BCUT2D eigenvalue weighted by atomic mass is 16.7. The maximum Gasteiger partial charge on any atom is 0.483 e. The van der Waals surface area contributed by atoms with E-state index in [0.717, 1.165) is 0 Å². The van der Waals surface area contributed by atoms with E-state index < -0.39 is 13.1 Å². The van der Waals surface area contributed by atoms with Crippen molar-refractivity contribution in [1.82, 2.24) is 0 Å². The van der Waals surface area contributed by atoms with E-state index >= 15 is 0 Å². The fraction of sp³-hybridized carbons (Fsp3) is 0.636. The third-order valence-electron chi connectivity index (χ3n) is 3.44. The summed E-state index contributed by atoms with van der Waals surface area (Å²) in [6.07, 6.45) is 1.60. The standard InChI is InChI=1S/C11H18BNO3/c1-10(2)11(3,4)16-12(15-10)9(13)8-6-5-7-14-8/h5-7,9H,13H2,1-4H3/t9-/m0/s1. The first-order valence-electron chi connectivity index (χ1n) is 5.48. The summed E-state index contributed by atoms with van der Waals surface area (Å²) in [5.74, 6) is 0.287. The molecule has 0 bridgehead atoms.